The Bertz CT molecular complexity index is 292. The van der Waals surface area contributed by atoms with E-state index in [2.05, 4.69) is 0 Å². The van der Waals surface area contributed by atoms with Gasteiger partial charge in [-0.1, -0.05) is 36.7 Å². The van der Waals surface area contributed by atoms with Crippen LogP contribution in [0.4, 0.5) is 4.39 Å². The smallest absolute Gasteiger partial charge is 0.131 e. The van der Waals surface area contributed by atoms with E-state index in [0.29, 0.717) is 10.6 Å². The maximum absolute atomic E-state index is 13.0. The Morgan fingerprint density at radius 1 is 1.50 bits per heavy atom. The summed E-state index contributed by atoms with van der Waals surface area (Å²) in [6.45, 7) is 2.00. The largest absolute Gasteiger partial charge is 0.206 e. The summed E-state index contributed by atoms with van der Waals surface area (Å²) in [6, 6.07) is 4.67. The summed E-state index contributed by atoms with van der Waals surface area (Å²) in [5.74, 6) is -0.271. The minimum absolute atomic E-state index is 0.271. The Hall–Kier alpha value is -0.820. The van der Waals surface area contributed by atoms with Gasteiger partial charge in [-0.3, -0.25) is 0 Å². The molecule has 0 N–H and O–H groups in total. The molecule has 0 nitrogen and oxygen atoms in total. The summed E-state index contributed by atoms with van der Waals surface area (Å²) in [4.78, 5) is 0. The first-order chi connectivity index (χ1) is 5.74. The van der Waals surface area contributed by atoms with Crippen molar-refractivity contribution in [3.05, 3.63) is 40.7 Å². The van der Waals surface area contributed by atoms with E-state index in [1.807, 2.05) is 13.0 Å². The molecule has 1 aromatic rings. The molecule has 64 valence electrons. The topological polar surface area (TPSA) is 0 Å². The first-order valence-electron chi connectivity index (χ1n) is 3.85. The predicted molar refractivity (Wildman–Crippen MR) is 50.7 cm³/mol. The monoisotopic (exact) mass is 184 g/mol. The molecule has 1 aromatic carbocycles. The Morgan fingerprint density at radius 3 is 2.83 bits per heavy atom. The molecule has 0 aliphatic carbocycles. The molecule has 0 saturated carbocycles. The average molecular weight is 185 g/mol. The number of allylic oxidation sites excluding steroid dienone is 1. The first kappa shape index (κ1) is 9.27. The summed E-state index contributed by atoms with van der Waals surface area (Å²) >= 11 is 5.59. The average Bonchev–Trinajstić information content (AvgIpc) is 2.03. The molecule has 0 amide bonds. The highest BCUT2D eigenvalue weighted by molar-refractivity contribution is 6.30. The molecule has 1 rings (SSSR count). The van der Waals surface area contributed by atoms with Gasteiger partial charge in [0.2, 0.25) is 0 Å². The van der Waals surface area contributed by atoms with Crippen LogP contribution in [-0.2, 0) is 0 Å². The van der Waals surface area contributed by atoms with Crippen molar-refractivity contribution in [3.63, 3.8) is 0 Å². The molecule has 0 bridgehead atoms. The zero-order valence-corrected chi connectivity index (χ0v) is 7.61. The number of halogens is 2. The second-order valence-electron chi connectivity index (χ2n) is 2.48. The Labute approximate surface area is 76.7 Å². The van der Waals surface area contributed by atoms with Crippen LogP contribution in [0.1, 0.15) is 18.9 Å². The van der Waals surface area contributed by atoms with Crippen LogP contribution in [0.5, 0.6) is 0 Å². The minimum atomic E-state index is -0.271. The van der Waals surface area contributed by atoms with E-state index >= 15 is 0 Å². The highest BCUT2D eigenvalue weighted by Crippen LogP contribution is 2.15. The van der Waals surface area contributed by atoms with Crippen molar-refractivity contribution in [2.24, 2.45) is 0 Å². The third-order valence-electron chi connectivity index (χ3n) is 1.50. The standard InChI is InChI=1S/C10H10ClF/c1-2-3-4-8-5-6-9(11)7-10(8)12/h3-7H,2H2,1H3/b4-3+. The van der Waals surface area contributed by atoms with Gasteiger partial charge in [-0.05, 0) is 18.6 Å². The zero-order valence-electron chi connectivity index (χ0n) is 6.85. The quantitative estimate of drug-likeness (QED) is 0.654. The third-order valence-corrected chi connectivity index (χ3v) is 1.73. The van der Waals surface area contributed by atoms with Gasteiger partial charge in [-0.25, -0.2) is 4.39 Å². The van der Waals surface area contributed by atoms with Crippen molar-refractivity contribution in [2.45, 2.75) is 13.3 Å². The molecule has 0 aliphatic heterocycles. The molecule has 0 heterocycles. The van der Waals surface area contributed by atoms with Gasteiger partial charge in [0.1, 0.15) is 5.82 Å². The Balaban J connectivity index is 2.94. The molecular formula is C10H10ClF. The second-order valence-corrected chi connectivity index (χ2v) is 2.91. The van der Waals surface area contributed by atoms with Gasteiger partial charge in [0, 0.05) is 10.6 Å². The van der Waals surface area contributed by atoms with E-state index < -0.39 is 0 Å². The van der Waals surface area contributed by atoms with E-state index in [0.717, 1.165) is 6.42 Å². The SMILES string of the molecule is CC/C=C/c1ccc(Cl)cc1F. The molecule has 0 atom stereocenters. The van der Waals surface area contributed by atoms with Crippen molar-refractivity contribution in [1.29, 1.82) is 0 Å². The summed E-state index contributed by atoms with van der Waals surface area (Å²) in [6.07, 6.45) is 4.57. The van der Waals surface area contributed by atoms with Crippen LogP contribution >= 0.6 is 11.6 Å². The lowest BCUT2D eigenvalue weighted by Gasteiger charge is -1.96. The number of benzene rings is 1. The fourth-order valence-electron chi connectivity index (χ4n) is 0.881. The summed E-state index contributed by atoms with van der Waals surface area (Å²) in [5, 5.41) is 0.432. The van der Waals surface area contributed by atoms with Gasteiger partial charge in [0.05, 0.1) is 0 Å². The molecule has 12 heavy (non-hydrogen) atoms. The van der Waals surface area contributed by atoms with Gasteiger partial charge in [0.15, 0.2) is 0 Å². The maximum Gasteiger partial charge on any atom is 0.131 e. The Kier molecular flexibility index (Phi) is 3.30. The summed E-state index contributed by atoms with van der Waals surface area (Å²) < 4.78 is 13.0. The highest BCUT2D eigenvalue weighted by Gasteiger charge is 1.97. The van der Waals surface area contributed by atoms with Crippen molar-refractivity contribution in [1.82, 2.24) is 0 Å². The number of rotatable bonds is 2. The lowest BCUT2D eigenvalue weighted by atomic mass is 10.2. The molecular weight excluding hydrogens is 175 g/mol. The van der Waals surface area contributed by atoms with Crippen LogP contribution in [0.2, 0.25) is 5.02 Å². The van der Waals surface area contributed by atoms with Gasteiger partial charge in [-0.2, -0.15) is 0 Å². The second kappa shape index (κ2) is 4.27. The zero-order chi connectivity index (χ0) is 8.97. The van der Waals surface area contributed by atoms with Gasteiger partial charge < -0.3 is 0 Å². The number of hydrogen-bond acceptors (Lipinski definition) is 0. The normalized spacial score (nSPS) is 10.9. The lowest BCUT2D eigenvalue weighted by molar-refractivity contribution is 0.625. The van der Waals surface area contributed by atoms with Gasteiger partial charge in [-0.15, -0.1) is 0 Å². The number of hydrogen-bond donors (Lipinski definition) is 0. The van der Waals surface area contributed by atoms with Crippen molar-refractivity contribution in [2.75, 3.05) is 0 Å². The van der Waals surface area contributed by atoms with Crippen molar-refractivity contribution in [3.8, 4) is 0 Å². The third kappa shape index (κ3) is 2.35. The molecule has 0 aromatic heterocycles. The molecule has 0 spiro atoms. The fraction of sp³-hybridized carbons (Fsp3) is 0.200. The summed E-state index contributed by atoms with van der Waals surface area (Å²) in [7, 11) is 0. The Morgan fingerprint density at radius 2 is 2.25 bits per heavy atom. The van der Waals surface area contributed by atoms with Gasteiger partial charge in [0.25, 0.3) is 0 Å². The maximum atomic E-state index is 13.0. The molecule has 2 heteroatoms. The van der Waals surface area contributed by atoms with Crippen molar-refractivity contribution < 1.29 is 4.39 Å². The first-order valence-corrected chi connectivity index (χ1v) is 4.23. The van der Waals surface area contributed by atoms with Crippen LogP contribution in [0.3, 0.4) is 0 Å². The van der Waals surface area contributed by atoms with E-state index in [1.165, 1.54) is 6.07 Å². The van der Waals surface area contributed by atoms with Gasteiger partial charge >= 0.3 is 0 Å². The summed E-state index contributed by atoms with van der Waals surface area (Å²) in [5.41, 5.74) is 0.584. The molecule has 0 aliphatic rings. The predicted octanol–water partition coefficient (Wildman–Crippen LogP) is 3.90. The molecule has 0 saturated heterocycles. The van der Waals surface area contributed by atoms with Crippen molar-refractivity contribution >= 4 is 17.7 Å². The van der Waals surface area contributed by atoms with Crippen LogP contribution in [0, 0.1) is 5.82 Å². The van der Waals surface area contributed by atoms with E-state index in [9.17, 15) is 4.39 Å². The fourth-order valence-corrected chi connectivity index (χ4v) is 1.04. The van der Waals surface area contributed by atoms with Crippen LogP contribution in [0.25, 0.3) is 6.08 Å². The van der Waals surface area contributed by atoms with Crippen LogP contribution in [0.15, 0.2) is 24.3 Å². The molecule has 0 unspecified atom stereocenters. The molecule has 0 fully saturated rings. The van der Waals surface area contributed by atoms with E-state index in [4.69, 9.17) is 11.6 Å². The van der Waals surface area contributed by atoms with Crippen LogP contribution < -0.4 is 0 Å². The van der Waals surface area contributed by atoms with E-state index in [-0.39, 0.29) is 5.82 Å². The lowest BCUT2D eigenvalue weighted by Crippen LogP contribution is -1.80. The molecule has 0 radical (unpaired) electrons. The highest BCUT2D eigenvalue weighted by atomic mass is 35.5. The van der Waals surface area contributed by atoms with Crippen LogP contribution in [-0.4, -0.2) is 0 Å². The van der Waals surface area contributed by atoms with E-state index in [1.54, 1.807) is 18.2 Å². The minimum Gasteiger partial charge on any atom is -0.206 e.